The number of hydrogen-bond donors (Lipinski definition) is 1. The van der Waals surface area contributed by atoms with Crippen LogP contribution in [0.2, 0.25) is 0 Å². The van der Waals surface area contributed by atoms with E-state index in [4.69, 9.17) is 11.2 Å². The van der Waals surface area contributed by atoms with Crippen LogP contribution in [0.15, 0.2) is 12.1 Å². The molecule has 2 rings (SSSR count). The van der Waals surface area contributed by atoms with Gasteiger partial charge in [0.15, 0.2) is 0 Å². The molecule has 1 aromatic carbocycles. The molecule has 0 N–H and O–H groups in total. The molecule has 0 bridgehead atoms. The zero-order valence-electron chi connectivity index (χ0n) is 14.9. The second-order valence-corrected chi connectivity index (χ2v) is 7.36. The van der Waals surface area contributed by atoms with Gasteiger partial charge in [-0.3, -0.25) is 0 Å². The summed E-state index contributed by atoms with van der Waals surface area (Å²) in [4.78, 5) is 16.2. The van der Waals surface area contributed by atoms with Crippen molar-refractivity contribution in [2.24, 2.45) is 0 Å². The number of rotatable bonds is 2. The van der Waals surface area contributed by atoms with Crippen LogP contribution in [0, 0.1) is 19.3 Å². The van der Waals surface area contributed by atoms with Crippen LogP contribution in [0.3, 0.4) is 0 Å². The van der Waals surface area contributed by atoms with Gasteiger partial charge in [0, 0.05) is 43.2 Å². The molecule has 1 heterocycles. The topological polar surface area (TPSA) is 32.8 Å². The van der Waals surface area contributed by atoms with E-state index >= 15 is 0 Å². The van der Waals surface area contributed by atoms with Gasteiger partial charge in [0.1, 0.15) is 5.60 Å². The lowest BCUT2D eigenvalue weighted by molar-refractivity contribution is 0.0240. The third-order valence-electron chi connectivity index (χ3n) is 4.05. The van der Waals surface area contributed by atoms with Gasteiger partial charge in [-0.05, 0) is 51.0 Å². The first-order valence-electron chi connectivity index (χ1n) is 8.19. The van der Waals surface area contributed by atoms with Gasteiger partial charge in [-0.25, -0.2) is 4.79 Å². The molecule has 130 valence electrons. The Morgan fingerprint density at radius 2 is 1.92 bits per heavy atom. The summed E-state index contributed by atoms with van der Waals surface area (Å²) >= 11 is 4.37. The van der Waals surface area contributed by atoms with E-state index in [2.05, 4.69) is 29.5 Å². The van der Waals surface area contributed by atoms with E-state index in [9.17, 15) is 4.79 Å². The minimum absolute atomic E-state index is 0.243. The van der Waals surface area contributed by atoms with Gasteiger partial charge in [-0.15, -0.1) is 6.42 Å². The molecule has 1 aliphatic heterocycles. The van der Waals surface area contributed by atoms with Gasteiger partial charge in [0.2, 0.25) is 0 Å². The molecule has 5 heteroatoms. The number of carbonyl (C=O) groups is 1. The first-order chi connectivity index (χ1) is 11.2. The van der Waals surface area contributed by atoms with Gasteiger partial charge < -0.3 is 14.5 Å². The number of ether oxygens (including phenoxy) is 1. The van der Waals surface area contributed by atoms with Crippen molar-refractivity contribution in [3.05, 3.63) is 28.8 Å². The minimum atomic E-state index is -0.465. The van der Waals surface area contributed by atoms with Gasteiger partial charge in [0.05, 0.1) is 0 Å². The fourth-order valence-electron chi connectivity index (χ4n) is 2.78. The Hall–Kier alpha value is -1.80. The van der Waals surface area contributed by atoms with Crippen molar-refractivity contribution in [2.45, 2.75) is 39.0 Å². The summed E-state index contributed by atoms with van der Waals surface area (Å²) in [6.07, 6.45) is 5.39. The summed E-state index contributed by atoms with van der Waals surface area (Å²) in [7, 11) is 0. The third kappa shape index (κ3) is 4.39. The zero-order valence-corrected chi connectivity index (χ0v) is 15.8. The van der Waals surface area contributed by atoms with Crippen molar-refractivity contribution in [2.75, 3.05) is 31.1 Å². The Morgan fingerprint density at radius 1 is 1.29 bits per heavy atom. The number of terminal acetylenes is 1. The van der Waals surface area contributed by atoms with Crippen LogP contribution in [-0.4, -0.2) is 42.8 Å². The van der Waals surface area contributed by atoms with Crippen LogP contribution >= 0.6 is 12.6 Å². The van der Waals surface area contributed by atoms with Crippen LogP contribution in [0.4, 0.5) is 10.5 Å². The lowest BCUT2D eigenvalue weighted by atomic mass is 10.0. The highest BCUT2D eigenvalue weighted by Gasteiger charge is 2.26. The summed E-state index contributed by atoms with van der Waals surface area (Å²) in [5.41, 5.74) is 3.80. The largest absolute Gasteiger partial charge is 0.444 e. The molecule has 0 radical (unpaired) electrons. The second-order valence-electron chi connectivity index (χ2n) is 7.04. The van der Waals surface area contributed by atoms with E-state index in [0.29, 0.717) is 18.8 Å². The number of benzene rings is 1. The number of thiol groups is 1. The lowest BCUT2D eigenvalue weighted by Crippen LogP contribution is -2.50. The van der Waals surface area contributed by atoms with Crippen molar-refractivity contribution in [1.29, 1.82) is 0 Å². The lowest BCUT2D eigenvalue weighted by Gasteiger charge is -2.37. The van der Waals surface area contributed by atoms with Crippen molar-refractivity contribution in [1.82, 2.24) is 4.90 Å². The Labute approximate surface area is 150 Å². The standard InChI is InChI=1S/C19H26N2O2S/c1-6-16-11-15(13-24)12-17(14(16)2)20-7-9-21(10-8-20)18(22)23-19(3,4)5/h1,11-12,24H,7-10,13H2,2-5H3. The Morgan fingerprint density at radius 3 is 2.42 bits per heavy atom. The first kappa shape index (κ1) is 18.5. The van der Waals surface area contributed by atoms with E-state index in [1.165, 1.54) is 0 Å². The third-order valence-corrected chi connectivity index (χ3v) is 4.42. The highest BCUT2D eigenvalue weighted by molar-refractivity contribution is 7.79. The van der Waals surface area contributed by atoms with Gasteiger partial charge in [-0.1, -0.05) is 5.92 Å². The molecule has 1 saturated heterocycles. The van der Waals surface area contributed by atoms with Gasteiger partial charge in [0.25, 0.3) is 0 Å². The molecule has 4 nitrogen and oxygen atoms in total. The second kappa shape index (κ2) is 7.40. The Bertz CT molecular complexity index is 651. The molecule has 1 amide bonds. The molecule has 0 unspecified atom stereocenters. The molecule has 0 atom stereocenters. The van der Waals surface area contributed by atoms with Gasteiger partial charge in [-0.2, -0.15) is 12.6 Å². The predicted molar refractivity (Wildman–Crippen MR) is 102 cm³/mol. The summed E-state index contributed by atoms with van der Waals surface area (Å²) in [5, 5.41) is 0. The monoisotopic (exact) mass is 346 g/mol. The number of piperazine rings is 1. The van der Waals surface area contributed by atoms with Gasteiger partial charge >= 0.3 is 6.09 Å². The van der Waals surface area contributed by atoms with E-state index in [-0.39, 0.29) is 6.09 Å². The average molecular weight is 346 g/mol. The molecule has 1 aromatic rings. The van der Waals surface area contributed by atoms with Crippen molar-refractivity contribution < 1.29 is 9.53 Å². The van der Waals surface area contributed by atoms with Crippen LogP contribution < -0.4 is 4.90 Å². The van der Waals surface area contributed by atoms with Crippen LogP contribution in [-0.2, 0) is 10.5 Å². The molecule has 0 aromatic heterocycles. The molecule has 1 fully saturated rings. The SMILES string of the molecule is C#Cc1cc(CS)cc(N2CCN(C(=O)OC(C)(C)C)CC2)c1C. The van der Waals surface area contributed by atoms with Crippen molar-refractivity contribution in [3.8, 4) is 12.3 Å². The molecular weight excluding hydrogens is 320 g/mol. The molecule has 0 saturated carbocycles. The fourth-order valence-corrected chi connectivity index (χ4v) is 2.97. The highest BCUT2D eigenvalue weighted by Crippen LogP contribution is 2.27. The summed E-state index contributed by atoms with van der Waals surface area (Å²) < 4.78 is 5.45. The quantitative estimate of drug-likeness (QED) is 0.657. The van der Waals surface area contributed by atoms with E-state index in [1.54, 1.807) is 4.90 Å². The van der Waals surface area contributed by atoms with E-state index < -0.39 is 5.60 Å². The fraction of sp³-hybridized carbons (Fsp3) is 0.526. The van der Waals surface area contributed by atoms with Crippen LogP contribution in [0.5, 0.6) is 0 Å². The van der Waals surface area contributed by atoms with E-state index in [1.807, 2.05) is 33.8 Å². The maximum absolute atomic E-state index is 12.2. The van der Waals surface area contributed by atoms with Crippen LogP contribution in [0.1, 0.15) is 37.5 Å². The first-order valence-corrected chi connectivity index (χ1v) is 8.82. The van der Waals surface area contributed by atoms with E-state index in [0.717, 1.165) is 35.5 Å². The predicted octanol–water partition coefficient (Wildman–Crippen LogP) is 3.46. The number of hydrogen-bond acceptors (Lipinski definition) is 4. The maximum atomic E-state index is 12.2. The number of anilines is 1. The Balaban J connectivity index is 2.10. The summed E-state index contributed by atoms with van der Waals surface area (Å²) in [5.74, 6) is 3.41. The molecule has 1 aliphatic rings. The molecule has 0 spiro atoms. The summed E-state index contributed by atoms with van der Waals surface area (Å²) in [6, 6.07) is 4.16. The average Bonchev–Trinajstić information content (AvgIpc) is 2.53. The smallest absolute Gasteiger partial charge is 0.410 e. The Kier molecular flexibility index (Phi) is 5.71. The minimum Gasteiger partial charge on any atom is -0.444 e. The van der Waals surface area contributed by atoms with Crippen molar-refractivity contribution in [3.63, 3.8) is 0 Å². The highest BCUT2D eigenvalue weighted by atomic mass is 32.1. The number of nitrogens with zero attached hydrogens (tertiary/aromatic N) is 2. The molecular formula is C19H26N2O2S. The molecule has 24 heavy (non-hydrogen) atoms. The maximum Gasteiger partial charge on any atom is 0.410 e. The van der Waals surface area contributed by atoms with Crippen LogP contribution in [0.25, 0.3) is 0 Å². The zero-order chi connectivity index (χ0) is 17.9. The normalized spacial score (nSPS) is 15.2. The molecule has 0 aliphatic carbocycles. The van der Waals surface area contributed by atoms with Crippen molar-refractivity contribution >= 4 is 24.4 Å². The number of amides is 1. The summed E-state index contributed by atoms with van der Waals surface area (Å²) in [6.45, 7) is 10.5. The number of carbonyl (C=O) groups excluding carboxylic acids is 1.